The second-order valence-electron chi connectivity index (χ2n) is 4.39. The van der Waals surface area contributed by atoms with E-state index in [9.17, 15) is 0 Å². The second-order valence-corrected chi connectivity index (χ2v) is 4.39. The molecule has 0 unspecified atom stereocenters. The lowest BCUT2D eigenvalue weighted by Gasteiger charge is -2.10. The lowest BCUT2D eigenvalue weighted by atomic mass is 10.2. The highest BCUT2D eigenvalue weighted by Gasteiger charge is 2.06. The molecule has 1 N–H and O–H groups in total. The zero-order chi connectivity index (χ0) is 12.3. The smallest absolute Gasteiger partial charge is 0.246 e. The van der Waals surface area contributed by atoms with Gasteiger partial charge in [0.2, 0.25) is 11.8 Å². The van der Waals surface area contributed by atoms with Crippen LogP contribution in [-0.4, -0.2) is 19.7 Å². The van der Waals surface area contributed by atoms with E-state index >= 15 is 0 Å². The molecular weight excluding hydrogens is 218 g/mol. The van der Waals surface area contributed by atoms with Crippen LogP contribution in [0.15, 0.2) is 16.9 Å². The largest absolute Gasteiger partial charge is 0.347 e. The van der Waals surface area contributed by atoms with Gasteiger partial charge in [-0.15, -0.1) is 0 Å². The van der Waals surface area contributed by atoms with E-state index in [-0.39, 0.29) is 0 Å². The van der Waals surface area contributed by atoms with E-state index in [2.05, 4.69) is 38.9 Å². The Balaban J connectivity index is 1.97. The van der Waals surface area contributed by atoms with E-state index in [0.717, 1.165) is 12.5 Å². The minimum Gasteiger partial charge on any atom is -0.347 e. The van der Waals surface area contributed by atoms with Crippen molar-refractivity contribution in [2.45, 2.75) is 33.9 Å². The molecule has 0 saturated carbocycles. The second kappa shape index (κ2) is 4.99. The zero-order valence-electron chi connectivity index (χ0n) is 10.3. The molecule has 2 rings (SSSR count). The monoisotopic (exact) mass is 235 g/mol. The third kappa shape index (κ3) is 3.05. The standard InChI is InChI=1S/C11H17N5O/c1-8(2)7-16-5-4-12-11(16)13-6-10-14-9(3)15-17-10/h4-5,8H,6-7H2,1-3H3,(H,12,13). The van der Waals surface area contributed by atoms with Crippen LogP contribution in [-0.2, 0) is 13.1 Å². The fraction of sp³-hybridized carbons (Fsp3) is 0.545. The van der Waals surface area contributed by atoms with E-state index < -0.39 is 0 Å². The summed E-state index contributed by atoms with van der Waals surface area (Å²) in [6, 6.07) is 0. The Morgan fingerprint density at radius 1 is 1.47 bits per heavy atom. The SMILES string of the molecule is Cc1noc(CNc2nccn2CC(C)C)n1. The maximum atomic E-state index is 5.02. The molecule has 0 amide bonds. The number of hydrogen-bond acceptors (Lipinski definition) is 5. The summed E-state index contributed by atoms with van der Waals surface area (Å²) in [5.41, 5.74) is 0. The van der Waals surface area contributed by atoms with Gasteiger partial charge in [0.05, 0.1) is 6.54 Å². The molecule has 2 aromatic heterocycles. The van der Waals surface area contributed by atoms with Crippen molar-refractivity contribution < 1.29 is 4.52 Å². The fourth-order valence-corrected chi connectivity index (χ4v) is 1.58. The summed E-state index contributed by atoms with van der Waals surface area (Å²) >= 11 is 0. The first-order valence-corrected chi connectivity index (χ1v) is 5.69. The Hall–Kier alpha value is -1.85. The number of nitrogens with zero attached hydrogens (tertiary/aromatic N) is 4. The summed E-state index contributed by atoms with van der Waals surface area (Å²) in [6.45, 7) is 7.57. The number of hydrogen-bond donors (Lipinski definition) is 1. The van der Waals surface area contributed by atoms with Crippen molar-refractivity contribution in [1.82, 2.24) is 19.7 Å². The van der Waals surface area contributed by atoms with Crippen molar-refractivity contribution in [1.29, 1.82) is 0 Å². The van der Waals surface area contributed by atoms with Gasteiger partial charge in [-0.25, -0.2) is 4.98 Å². The Morgan fingerprint density at radius 2 is 2.29 bits per heavy atom. The number of aryl methyl sites for hydroxylation is 1. The lowest BCUT2D eigenvalue weighted by Crippen LogP contribution is -2.10. The maximum Gasteiger partial charge on any atom is 0.246 e. The Bertz CT molecular complexity index is 474. The van der Waals surface area contributed by atoms with Crippen LogP contribution in [0.2, 0.25) is 0 Å². The zero-order valence-corrected chi connectivity index (χ0v) is 10.3. The minimum atomic E-state index is 0.496. The van der Waals surface area contributed by atoms with Gasteiger partial charge in [-0.1, -0.05) is 19.0 Å². The van der Waals surface area contributed by atoms with Gasteiger partial charge in [0.15, 0.2) is 5.82 Å². The molecule has 2 aromatic rings. The molecule has 6 nitrogen and oxygen atoms in total. The molecular formula is C11H17N5O. The third-order valence-electron chi connectivity index (χ3n) is 2.24. The van der Waals surface area contributed by atoms with Crippen molar-refractivity contribution in [2.24, 2.45) is 5.92 Å². The first-order chi connectivity index (χ1) is 8.15. The number of aromatic nitrogens is 4. The summed E-state index contributed by atoms with van der Waals surface area (Å²) in [4.78, 5) is 8.38. The molecule has 0 aromatic carbocycles. The van der Waals surface area contributed by atoms with Crippen LogP contribution in [0.4, 0.5) is 5.95 Å². The number of anilines is 1. The van der Waals surface area contributed by atoms with Gasteiger partial charge in [-0.3, -0.25) is 0 Å². The quantitative estimate of drug-likeness (QED) is 0.856. The van der Waals surface area contributed by atoms with Crippen LogP contribution in [0, 0.1) is 12.8 Å². The van der Waals surface area contributed by atoms with E-state index in [1.807, 2.05) is 6.20 Å². The summed E-state index contributed by atoms with van der Waals surface area (Å²) in [7, 11) is 0. The molecule has 0 aliphatic carbocycles. The number of nitrogens with one attached hydrogen (secondary N) is 1. The van der Waals surface area contributed by atoms with Crippen LogP contribution in [0.5, 0.6) is 0 Å². The normalized spacial score (nSPS) is 11.1. The molecule has 92 valence electrons. The number of imidazole rings is 1. The predicted octanol–water partition coefficient (Wildman–Crippen LogP) is 1.84. The Morgan fingerprint density at radius 3 is 2.94 bits per heavy atom. The van der Waals surface area contributed by atoms with Gasteiger partial charge >= 0.3 is 0 Å². The van der Waals surface area contributed by atoms with E-state index in [1.165, 1.54) is 0 Å². The molecule has 0 spiro atoms. The summed E-state index contributed by atoms with van der Waals surface area (Å²) in [5, 5.41) is 6.92. The molecule has 0 saturated heterocycles. The Kier molecular flexibility index (Phi) is 3.41. The molecule has 0 aliphatic rings. The van der Waals surface area contributed by atoms with Gasteiger partial charge in [-0.05, 0) is 12.8 Å². The highest BCUT2D eigenvalue weighted by atomic mass is 16.5. The van der Waals surface area contributed by atoms with Crippen LogP contribution >= 0.6 is 0 Å². The molecule has 0 aliphatic heterocycles. The average Bonchev–Trinajstić information content (AvgIpc) is 2.84. The van der Waals surface area contributed by atoms with Gasteiger partial charge in [-0.2, -0.15) is 4.98 Å². The van der Waals surface area contributed by atoms with Gasteiger partial charge in [0, 0.05) is 18.9 Å². The molecule has 0 atom stereocenters. The fourth-order valence-electron chi connectivity index (χ4n) is 1.58. The summed E-state index contributed by atoms with van der Waals surface area (Å²) in [5.74, 6) is 2.62. The van der Waals surface area contributed by atoms with Gasteiger partial charge in [0.1, 0.15) is 0 Å². The summed E-state index contributed by atoms with van der Waals surface area (Å²) in [6.07, 6.45) is 3.74. The molecule has 0 fully saturated rings. The minimum absolute atomic E-state index is 0.496. The third-order valence-corrected chi connectivity index (χ3v) is 2.24. The van der Waals surface area contributed by atoms with Crippen molar-refractivity contribution in [2.75, 3.05) is 5.32 Å². The lowest BCUT2D eigenvalue weighted by molar-refractivity contribution is 0.379. The van der Waals surface area contributed by atoms with E-state index in [1.54, 1.807) is 13.1 Å². The number of rotatable bonds is 5. The van der Waals surface area contributed by atoms with E-state index in [0.29, 0.717) is 24.2 Å². The van der Waals surface area contributed by atoms with Crippen molar-refractivity contribution in [3.8, 4) is 0 Å². The van der Waals surface area contributed by atoms with Crippen LogP contribution in [0.1, 0.15) is 25.6 Å². The summed E-state index contributed by atoms with van der Waals surface area (Å²) < 4.78 is 7.10. The van der Waals surface area contributed by atoms with Crippen molar-refractivity contribution in [3.05, 3.63) is 24.1 Å². The first kappa shape index (κ1) is 11.6. The van der Waals surface area contributed by atoms with Gasteiger partial charge < -0.3 is 14.4 Å². The average molecular weight is 235 g/mol. The topological polar surface area (TPSA) is 68.8 Å². The molecule has 6 heteroatoms. The predicted molar refractivity (Wildman–Crippen MR) is 63.4 cm³/mol. The Labute approximate surface area is 100 Å². The maximum absolute atomic E-state index is 5.02. The molecule has 17 heavy (non-hydrogen) atoms. The highest BCUT2D eigenvalue weighted by Crippen LogP contribution is 2.09. The van der Waals surface area contributed by atoms with Crippen molar-refractivity contribution >= 4 is 5.95 Å². The van der Waals surface area contributed by atoms with Crippen LogP contribution in [0.3, 0.4) is 0 Å². The molecule has 2 heterocycles. The molecule has 0 radical (unpaired) electrons. The van der Waals surface area contributed by atoms with E-state index in [4.69, 9.17) is 4.52 Å². The van der Waals surface area contributed by atoms with Crippen LogP contribution in [0.25, 0.3) is 0 Å². The van der Waals surface area contributed by atoms with Crippen LogP contribution < -0.4 is 5.32 Å². The highest BCUT2D eigenvalue weighted by molar-refractivity contribution is 5.25. The van der Waals surface area contributed by atoms with Gasteiger partial charge in [0.25, 0.3) is 0 Å². The molecule has 0 bridgehead atoms. The van der Waals surface area contributed by atoms with Crippen molar-refractivity contribution in [3.63, 3.8) is 0 Å². The first-order valence-electron chi connectivity index (χ1n) is 5.69.